The number of rotatable bonds is 3. The summed E-state index contributed by atoms with van der Waals surface area (Å²) in [5, 5.41) is 0. The van der Waals surface area contributed by atoms with Crippen molar-refractivity contribution in [1.82, 2.24) is 15.0 Å². The lowest BCUT2D eigenvalue weighted by atomic mass is 10.2. The van der Waals surface area contributed by atoms with Crippen LogP contribution in [0.3, 0.4) is 0 Å². The molecular weight excluding hydrogens is 264 g/mol. The molecule has 0 aliphatic carbocycles. The molecule has 0 unspecified atom stereocenters. The van der Waals surface area contributed by atoms with E-state index in [1.165, 1.54) is 5.56 Å². The summed E-state index contributed by atoms with van der Waals surface area (Å²) in [4.78, 5) is 17.7. The maximum atomic E-state index is 5.66. The van der Waals surface area contributed by atoms with E-state index < -0.39 is 0 Å². The smallest absolute Gasteiger partial charge is 0.225 e. The summed E-state index contributed by atoms with van der Waals surface area (Å²) < 4.78 is 0. The summed E-state index contributed by atoms with van der Waals surface area (Å²) in [6.07, 6.45) is 5.44. The van der Waals surface area contributed by atoms with Crippen LogP contribution in [0.4, 0.5) is 11.8 Å². The Kier molecular flexibility index (Phi) is 3.96. The Hall–Kier alpha value is -2.21. The molecule has 3 rings (SSSR count). The molecule has 0 bridgehead atoms. The highest BCUT2D eigenvalue weighted by atomic mass is 15.3. The average Bonchev–Trinajstić information content (AvgIpc) is 2.56. The number of piperazine rings is 1. The predicted octanol–water partition coefficient (Wildman–Crippen LogP) is 0.965. The number of aryl methyl sites for hydroxylation is 1. The van der Waals surface area contributed by atoms with E-state index in [4.69, 9.17) is 5.73 Å². The van der Waals surface area contributed by atoms with Gasteiger partial charge in [0, 0.05) is 51.3 Å². The van der Waals surface area contributed by atoms with E-state index >= 15 is 0 Å². The lowest BCUT2D eigenvalue weighted by Crippen LogP contribution is -2.47. The lowest BCUT2D eigenvalue weighted by Gasteiger charge is -2.36. The van der Waals surface area contributed by atoms with E-state index in [1.807, 2.05) is 12.3 Å². The second-order valence-corrected chi connectivity index (χ2v) is 5.21. The van der Waals surface area contributed by atoms with Gasteiger partial charge in [-0.05, 0) is 30.2 Å². The zero-order valence-electron chi connectivity index (χ0n) is 12.2. The van der Waals surface area contributed by atoms with Gasteiger partial charge in [-0.2, -0.15) is 0 Å². The number of nitrogens with zero attached hydrogens (tertiary/aromatic N) is 5. The van der Waals surface area contributed by atoms with Crippen molar-refractivity contribution < 1.29 is 0 Å². The number of pyridine rings is 1. The van der Waals surface area contributed by atoms with Crippen molar-refractivity contribution in [1.29, 1.82) is 0 Å². The minimum absolute atomic E-state index is 0.535. The van der Waals surface area contributed by atoms with Crippen molar-refractivity contribution in [2.45, 2.75) is 13.5 Å². The molecule has 1 aliphatic heterocycles. The van der Waals surface area contributed by atoms with Gasteiger partial charge in [0.2, 0.25) is 5.95 Å². The van der Waals surface area contributed by atoms with Crippen LogP contribution in [0.15, 0.2) is 30.7 Å². The molecule has 6 heteroatoms. The molecule has 1 fully saturated rings. The van der Waals surface area contributed by atoms with E-state index in [-0.39, 0.29) is 0 Å². The first-order valence-corrected chi connectivity index (χ1v) is 7.20. The minimum atomic E-state index is 0.535. The van der Waals surface area contributed by atoms with Gasteiger partial charge < -0.3 is 15.5 Å². The molecule has 0 atom stereocenters. The number of hydrogen-bond acceptors (Lipinski definition) is 6. The molecule has 3 heterocycles. The van der Waals surface area contributed by atoms with Gasteiger partial charge in [-0.3, -0.25) is 0 Å². The van der Waals surface area contributed by atoms with Crippen molar-refractivity contribution in [3.05, 3.63) is 41.9 Å². The third kappa shape index (κ3) is 2.95. The average molecular weight is 284 g/mol. The van der Waals surface area contributed by atoms with Gasteiger partial charge >= 0.3 is 0 Å². The van der Waals surface area contributed by atoms with E-state index in [2.05, 4.69) is 37.7 Å². The molecule has 6 nitrogen and oxygen atoms in total. The summed E-state index contributed by atoms with van der Waals surface area (Å²) in [5.74, 6) is 1.86. The van der Waals surface area contributed by atoms with Crippen LogP contribution in [-0.4, -0.2) is 41.1 Å². The van der Waals surface area contributed by atoms with Gasteiger partial charge in [0.15, 0.2) is 0 Å². The molecule has 0 amide bonds. The highest BCUT2D eigenvalue weighted by Gasteiger charge is 2.20. The topological polar surface area (TPSA) is 71.2 Å². The zero-order valence-corrected chi connectivity index (χ0v) is 12.2. The summed E-state index contributed by atoms with van der Waals surface area (Å²) in [7, 11) is 0. The monoisotopic (exact) mass is 284 g/mol. The van der Waals surface area contributed by atoms with Crippen LogP contribution in [0, 0.1) is 6.92 Å². The molecule has 0 aromatic carbocycles. The Labute approximate surface area is 124 Å². The van der Waals surface area contributed by atoms with Crippen LogP contribution < -0.4 is 15.5 Å². The van der Waals surface area contributed by atoms with Crippen LogP contribution in [0.25, 0.3) is 0 Å². The van der Waals surface area contributed by atoms with Gasteiger partial charge in [-0.25, -0.2) is 15.0 Å². The van der Waals surface area contributed by atoms with Gasteiger partial charge in [0.25, 0.3) is 0 Å². The number of hydrogen-bond donors (Lipinski definition) is 1. The second-order valence-electron chi connectivity index (χ2n) is 5.21. The van der Waals surface area contributed by atoms with Crippen LogP contribution >= 0.6 is 0 Å². The fourth-order valence-electron chi connectivity index (χ4n) is 2.64. The van der Waals surface area contributed by atoms with Crippen LogP contribution in [0.1, 0.15) is 11.1 Å². The molecule has 21 heavy (non-hydrogen) atoms. The van der Waals surface area contributed by atoms with E-state index in [0.717, 1.165) is 43.5 Å². The molecular formula is C15H20N6. The maximum Gasteiger partial charge on any atom is 0.225 e. The first-order valence-electron chi connectivity index (χ1n) is 7.20. The van der Waals surface area contributed by atoms with Crippen molar-refractivity contribution in [3.63, 3.8) is 0 Å². The van der Waals surface area contributed by atoms with E-state index in [9.17, 15) is 0 Å². The number of nitrogens with two attached hydrogens (primary N) is 1. The Morgan fingerprint density at radius 2 is 1.71 bits per heavy atom. The molecule has 1 saturated heterocycles. The third-order valence-electron chi connectivity index (χ3n) is 3.76. The van der Waals surface area contributed by atoms with Crippen LogP contribution in [0.5, 0.6) is 0 Å². The quantitative estimate of drug-likeness (QED) is 0.905. The standard InChI is InChI=1S/C15H20N6/c1-12-9-13(10-16)11-19-14(12)20-5-7-21(8-6-20)15-17-3-2-4-18-15/h2-4,9,11H,5-8,10,16H2,1H3. The van der Waals surface area contributed by atoms with Crippen molar-refractivity contribution in [2.75, 3.05) is 36.0 Å². The Bertz CT molecular complexity index is 592. The molecule has 2 N–H and O–H groups in total. The fraction of sp³-hybridized carbons (Fsp3) is 0.400. The van der Waals surface area contributed by atoms with Gasteiger partial charge in [0.05, 0.1) is 0 Å². The van der Waals surface area contributed by atoms with Crippen molar-refractivity contribution in [3.8, 4) is 0 Å². The van der Waals surface area contributed by atoms with E-state index in [0.29, 0.717) is 6.54 Å². The summed E-state index contributed by atoms with van der Waals surface area (Å²) in [5.41, 5.74) is 7.91. The third-order valence-corrected chi connectivity index (χ3v) is 3.76. The SMILES string of the molecule is Cc1cc(CN)cnc1N1CCN(c2ncccn2)CC1. The minimum Gasteiger partial charge on any atom is -0.353 e. The molecule has 0 radical (unpaired) electrons. The summed E-state index contributed by atoms with van der Waals surface area (Å²) in [6, 6.07) is 3.96. The summed E-state index contributed by atoms with van der Waals surface area (Å²) in [6.45, 7) is 6.29. The van der Waals surface area contributed by atoms with Gasteiger partial charge in [-0.1, -0.05) is 0 Å². The second kappa shape index (κ2) is 6.05. The van der Waals surface area contributed by atoms with Crippen molar-refractivity contribution in [2.24, 2.45) is 5.73 Å². The Balaban J connectivity index is 1.68. The highest BCUT2D eigenvalue weighted by Crippen LogP contribution is 2.20. The molecule has 2 aromatic heterocycles. The summed E-state index contributed by atoms with van der Waals surface area (Å²) >= 11 is 0. The molecule has 0 saturated carbocycles. The predicted molar refractivity (Wildman–Crippen MR) is 83.3 cm³/mol. The number of aromatic nitrogens is 3. The van der Waals surface area contributed by atoms with Gasteiger partial charge in [-0.15, -0.1) is 0 Å². The van der Waals surface area contributed by atoms with Gasteiger partial charge in [0.1, 0.15) is 5.82 Å². The first-order chi connectivity index (χ1) is 10.3. The van der Waals surface area contributed by atoms with Crippen molar-refractivity contribution >= 4 is 11.8 Å². The normalized spacial score (nSPS) is 15.3. The zero-order chi connectivity index (χ0) is 14.7. The molecule has 0 spiro atoms. The molecule has 2 aromatic rings. The number of anilines is 2. The first kappa shape index (κ1) is 13.8. The Morgan fingerprint density at radius 1 is 1.05 bits per heavy atom. The molecule has 1 aliphatic rings. The maximum absolute atomic E-state index is 5.66. The van der Waals surface area contributed by atoms with Crippen LogP contribution in [-0.2, 0) is 6.54 Å². The van der Waals surface area contributed by atoms with Crippen LogP contribution in [0.2, 0.25) is 0 Å². The Morgan fingerprint density at radius 3 is 2.33 bits per heavy atom. The molecule has 110 valence electrons. The van der Waals surface area contributed by atoms with E-state index in [1.54, 1.807) is 12.4 Å². The lowest BCUT2D eigenvalue weighted by molar-refractivity contribution is 0.633. The largest absolute Gasteiger partial charge is 0.353 e. The fourth-order valence-corrected chi connectivity index (χ4v) is 2.64. The highest BCUT2D eigenvalue weighted by molar-refractivity contribution is 5.49.